The Kier molecular flexibility index (Phi) is 1.09. The van der Waals surface area contributed by atoms with Gasteiger partial charge < -0.3 is 4.42 Å². The molecule has 1 N–H and O–H groups in total. The number of fused-ring (bicyclic) bond motifs is 1. The van der Waals surface area contributed by atoms with E-state index in [9.17, 15) is 9.18 Å². The van der Waals surface area contributed by atoms with E-state index in [1.807, 2.05) is 0 Å². The summed E-state index contributed by atoms with van der Waals surface area (Å²) >= 11 is 0. The molecule has 1 heterocycles. The second-order valence-corrected chi connectivity index (χ2v) is 2.16. The Morgan fingerprint density at radius 1 is 1.45 bits per heavy atom. The minimum Gasteiger partial charge on any atom is -0.408 e. The lowest BCUT2D eigenvalue weighted by Crippen LogP contribution is -1.92. The first-order chi connectivity index (χ1) is 5.25. The summed E-state index contributed by atoms with van der Waals surface area (Å²) in [6, 6.07) is 3.87. The van der Waals surface area contributed by atoms with Crippen LogP contribution in [0.4, 0.5) is 4.39 Å². The summed E-state index contributed by atoms with van der Waals surface area (Å²) in [5.41, 5.74) is 0.756. The van der Waals surface area contributed by atoms with E-state index in [2.05, 4.69) is 9.40 Å². The summed E-state index contributed by atoms with van der Waals surface area (Å²) in [5, 5.41) is 0. The van der Waals surface area contributed by atoms with Crippen LogP contribution in [0.5, 0.6) is 0 Å². The van der Waals surface area contributed by atoms with Gasteiger partial charge in [-0.15, -0.1) is 0 Å². The molecule has 4 heteroatoms. The van der Waals surface area contributed by atoms with Gasteiger partial charge in [-0.2, -0.15) is 0 Å². The molecule has 0 bridgehead atoms. The number of aromatic nitrogens is 1. The molecule has 0 amide bonds. The first-order valence-electron chi connectivity index (χ1n) is 3.04. The van der Waals surface area contributed by atoms with E-state index in [1.165, 1.54) is 12.1 Å². The molecule has 2 rings (SSSR count). The highest BCUT2D eigenvalue weighted by atomic mass is 19.1. The van der Waals surface area contributed by atoms with Crippen molar-refractivity contribution >= 4 is 11.1 Å². The average Bonchev–Trinajstić information content (AvgIpc) is 2.27. The normalized spacial score (nSPS) is 10.6. The van der Waals surface area contributed by atoms with Crippen molar-refractivity contribution in [3.63, 3.8) is 0 Å². The number of rotatable bonds is 0. The number of oxazole rings is 1. The molecule has 0 unspecified atom stereocenters. The van der Waals surface area contributed by atoms with Gasteiger partial charge in [-0.05, 0) is 12.1 Å². The Bertz CT molecular complexity index is 443. The van der Waals surface area contributed by atoms with Crippen LogP contribution in [0, 0.1) is 5.82 Å². The van der Waals surface area contributed by atoms with Gasteiger partial charge in [0.2, 0.25) is 0 Å². The molecule has 0 radical (unpaired) electrons. The summed E-state index contributed by atoms with van der Waals surface area (Å²) in [6.07, 6.45) is 0. The highest BCUT2D eigenvalue weighted by molar-refractivity contribution is 5.71. The van der Waals surface area contributed by atoms with Gasteiger partial charge >= 0.3 is 5.76 Å². The Balaban J connectivity index is 2.92. The Hall–Kier alpha value is -1.58. The van der Waals surface area contributed by atoms with E-state index in [1.54, 1.807) is 0 Å². The second kappa shape index (κ2) is 1.95. The summed E-state index contributed by atoms with van der Waals surface area (Å²) < 4.78 is 17.1. The van der Waals surface area contributed by atoms with Crippen molar-refractivity contribution in [2.24, 2.45) is 0 Å². The number of halogens is 1. The maximum atomic E-state index is 12.5. The van der Waals surface area contributed by atoms with Crippen molar-refractivity contribution in [2.75, 3.05) is 0 Å². The quantitative estimate of drug-likeness (QED) is 0.619. The smallest absolute Gasteiger partial charge is 0.408 e. The van der Waals surface area contributed by atoms with Crippen molar-refractivity contribution in [1.82, 2.24) is 4.98 Å². The molecular formula is C7H4FNO2. The van der Waals surface area contributed by atoms with Crippen LogP contribution in [0.2, 0.25) is 0 Å². The second-order valence-electron chi connectivity index (χ2n) is 2.16. The van der Waals surface area contributed by atoms with Crippen LogP contribution >= 0.6 is 0 Å². The van der Waals surface area contributed by atoms with E-state index in [-0.39, 0.29) is 5.58 Å². The molecular weight excluding hydrogens is 149 g/mol. The first-order valence-corrected chi connectivity index (χ1v) is 3.04. The minimum absolute atomic E-state index is 0.245. The van der Waals surface area contributed by atoms with Gasteiger partial charge in [0.05, 0.1) is 5.52 Å². The largest absolute Gasteiger partial charge is 0.417 e. The molecule has 3 nitrogen and oxygen atoms in total. The van der Waals surface area contributed by atoms with Gasteiger partial charge in [0.25, 0.3) is 0 Å². The Labute approximate surface area is 60.5 Å². The minimum atomic E-state index is -0.564. The summed E-state index contributed by atoms with van der Waals surface area (Å²) in [4.78, 5) is 13.0. The highest BCUT2D eigenvalue weighted by Gasteiger charge is 2.00. The number of nitrogens with one attached hydrogen (secondary N) is 1. The lowest BCUT2D eigenvalue weighted by Gasteiger charge is -1.84. The molecule has 1 aromatic heterocycles. The lowest BCUT2D eigenvalue weighted by molar-refractivity contribution is 0.550. The average molecular weight is 153 g/mol. The summed E-state index contributed by atoms with van der Waals surface area (Å²) in [5.74, 6) is -0.981. The Morgan fingerprint density at radius 2 is 2.27 bits per heavy atom. The Morgan fingerprint density at radius 3 is 3.09 bits per heavy atom. The SMILES string of the molecule is O=c1[nH]c2ccc(F)cc2o1. The van der Waals surface area contributed by atoms with Crippen LogP contribution in [-0.4, -0.2) is 4.98 Å². The highest BCUT2D eigenvalue weighted by Crippen LogP contribution is 2.10. The van der Waals surface area contributed by atoms with Gasteiger partial charge in [0, 0.05) is 6.07 Å². The zero-order valence-electron chi connectivity index (χ0n) is 5.43. The standard InChI is InChI=1S/C7H4FNO2/c8-4-1-2-5-6(3-4)11-7(10)9-5/h1-3H,(H,9,10). The van der Waals surface area contributed by atoms with E-state index >= 15 is 0 Å². The van der Waals surface area contributed by atoms with Crippen LogP contribution in [0.1, 0.15) is 0 Å². The molecule has 11 heavy (non-hydrogen) atoms. The van der Waals surface area contributed by atoms with Crippen LogP contribution in [0.3, 0.4) is 0 Å². The third-order valence-corrected chi connectivity index (χ3v) is 1.38. The molecule has 56 valence electrons. The number of aromatic amines is 1. The monoisotopic (exact) mass is 153 g/mol. The van der Waals surface area contributed by atoms with Crippen LogP contribution < -0.4 is 5.76 Å². The molecule has 0 spiro atoms. The summed E-state index contributed by atoms with van der Waals surface area (Å²) in [6.45, 7) is 0. The predicted octanol–water partition coefficient (Wildman–Crippen LogP) is 1.26. The molecule has 0 aliphatic carbocycles. The topological polar surface area (TPSA) is 46.0 Å². The number of hydrogen-bond donors (Lipinski definition) is 1. The van der Waals surface area contributed by atoms with Gasteiger partial charge in [0.15, 0.2) is 5.58 Å². The van der Waals surface area contributed by atoms with Gasteiger partial charge in [0.1, 0.15) is 5.82 Å². The van der Waals surface area contributed by atoms with Gasteiger partial charge in [-0.1, -0.05) is 0 Å². The fourth-order valence-electron chi connectivity index (χ4n) is 0.919. The predicted molar refractivity (Wildman–Crippen MR) is 36.8 cm³/mol. The van der Waals surface area contributed by atoms with Crippen molar-refractivity contribution in [3.05, 3.63) is 34.6 Å². The fraction of sp³-hybridized carbons (Fsp3) is 0. The molecule has 0 fully saturated rings. The van der Waals surface area contributed by atoms with Crippen molar-refractivity contribution in [3.8, 4) is 0 Å². The lowest BCUT2D eigenvalue weighted by atomic mass is 10.3. The molecule has 0 saturated heterocycles. The zero-order chi connectivity index (χ0) is 7.84. The van der Waals surface area contributed by atoms with Crippen LogP contribution in [-0.2, 0) is 0 Å². The molecule has 2 aromatic rings. The van der Waals surface area contributed by atoms with Crippen molar-refractivity contribution in [2.45, 2.75) is 0 Å². The summed E-state index contributed by atoms with van der Waals surface area (Å²) in [7, 11) is 0. The molecule has 0 aliphatic heterocycles. The number of H-pyrrole nitrogens is 1. The number of hydrogen-bond acceptors (Lipinski definition) is 2. The number of benzene rings is 1. The third-order valence-electron chi connectivity index (χ3n) is 1.38. The molecule has 0 saturated carbocycles. The van der Waals surface area contributed by atoms with Crippen LogP contribution in [0.25, 0.3) is 11.1 Å². The maximum Gasteiger partial charge on any atom is 0.417 e. The van der Waals surface area contributed by atoms with Gasteiger partial charge in [-0.3, -0.25) is 4.98 Å². The maximum absolute atomic E-state index is 12.5. The first kappa shape index (κ1) is 6.15. The van der Waals surface area contributed by atoms with E-state index < -0.39 is 11.6 Å². The zero-order valence-corrected chi connectivity index (χ0v) is 5.43. The van der Waals surface area contributed by atoms with Gasteiger partial charge in [-0.25, -0.2) is 9.18 Å². The molecule has 0 aliphatic rings. The molecule has 0 atom stereocenters. The third kappa shape index (κ3) is 0.920. The van der Waals surface area contributed by atoms with Crippen molar-refractivity contribution in [1.29, 1.82) is 0 Å². The van der Waals surface area contributed by atoms with Crippen LogP contribution in [0.15, 0.2) is 27.4 Å². The molecule has 1 aromatic carbocycles. The van der Waals surface area contributed by atoms with E-state index in [4.69, 9.17) is 0 Å². The van der Waals surface area contributed by atoms with Crippen molar-refractivity contribution < 1.29 is 8.81 Å². The van der Waals surface area contributed by atoms with E-state index in [0.29, 0.717) is 5.52 Å². The fourth-order valence-corrected chi connectivity index (χ4v) is 0.919. The van der Waals surface area contributed by atoms with E-state index in [0.717, 1.165) is 6.07 Å².